The molecule has 0 aliphatic rings. The highest BCUT2D eigenvalue weighted by Crippen LogP contribution is 2.11. The topological polar surface area (TPSA) is 83.8 Å². The third-order valence-electron chi connectivity index (χ3n) is 1.83. The van der Waals surface area contributed by atoms with Crippen molar-refractivity contribution in [3.63, 3.8) is 0 Å². The maximum atomic E-state index is 10.5. The van der Waals surface area contributed by atoms with Gasteiger partial charge in [0.15, 0.2) is 0 Å². The number of aliphatic hydroxyl groups excluding tert-OH is 1. The number of carbonyl (C=O) groups excluding carboxylic acids is 1. The van der Waals surface area contributed by atoms with Crippen LogP contribution in [0.4, 0.5) is 0 Å². The standard InChI is InChI=1S/C9H16O5/c1-7(11)14-6-8(4-5-10)2-3-9(12)13/h8,10H,2-6H2,1H3,(H,12,13). The molecule has 1 unspecified atom stereocenters. The number of carboxylic acid groups (broad SMARTS) is 1. The molecule has 0 spiro atoms. The fourth-order valence-corrected chi connectivity index (χ4v) is 1.06. The highest BCUT2D eigenvalue weighted by atomic mass is 16.5. The van der Waals surface area contributed by atoms with Crippen molar-refractivity contribution in [2.75, 3.05) is 13.2 Å². The molecule has 0 radical (unpaired) electrons. The molecule has 0 bridgehead atoms. The lowest BCUT2D eigenvalue weighted by molar-refractivity contribution is -0.142. The molecule has 0 aliphatic heterocycles. The smallest absolute Gasteiger partial charge is 0.303 e. The summed E-state index contributed by atoms with van der Waals surface area (Å²) in [5.74, 6) is -1.33. The van der Waals surface area contributed by atoms with Gasteiger partial charge in [0.1, 0.15) is 0 Å². The largest absolute Gasteiger partial charge is 0.481 e. The van der Waals surface area contributed by atoms with Crippen LogP contribution in [0.25, 0.3) is 0 Å². The number of hydrogen-bond donors (Lipinski definition) is 2. The van der Waals surface area contributed by atoms with Gasteiger partial charge in [-0.25, -0.2) is 0 Å². The molecular weight excluding hydrogens is 188 g/mol. The molecule has 0 heterocycles. The SMILES string of the molecule is CC(=O)OCC(CCO)CCC(=O)O. The quantitative estimate of drug-likeness (QED) is 0.587. The van der Waals surface area contributed by atoms with E-state index in [4.69, 9.17) is 14.9 Å². The number of ether oxygens (including phenoxy) is 1. The van der Waals surface area contributed by atoms with Crippen molar-refractivity contribution in [1.29, 1.82) is 0 Å². The number of hydrogen-bond acceptors (Lipinski definition) is 4. The van der Waals surface area contributed by atoms with Gasteiger partial charge in [-0.2, -0.15) is 0 Å². The van der Waals surface area contributed by atoms with E-state index in [-0.39, 0.29) is 31.5 Å². The molecule has 5 heteroatoms. The molecule has 2 N–H and O–H groups in total. The van der Waals surface area contributed by atoms with Crippen LogP contribution in [-0.4, -0.2) is 35.4 Å². The van der Waals surface area contributed by atoms with Crippen molar-refractivity contribution < 1.29 is 24.5 Å². The molecule has 0 aromatic heterocycles. The van der Waals surface area contributed by atoms with Crippen LogP contribution < -0.4 is 0 Å². The van der Waals surface area contributed by atoms with Gasteiger partial charge in [-0.1, -0.05) is 0 Å². The summed E-state index contributed by atoms with van der Waals surface area (Å²) >= 11 is 0. The summed E-state index contributed by atoms with van der Waals surface area (Å²) in [6.07, 6.45) is 0.912. The molecule has 0 saturated carbocycles. The van der Waals surface area contributed by atoms with Crippen LogP contribution >= 0.6 is 0 Å². The van der Waals surface area contributed by atoms with Crippen LogP contribution in [0.3, 0.4) is 0 Å². The molecule has 14 heavy (non-hydrogen) atoms. The fourth-order valence-electron chi connectivity index (χ4n) is 1.06. The highest BCUT2D eigenvalue weighted by Gasteiger charge is 2.11. The lowest BCUT2D eigenvalue weighted by Gasteiger charge is -2.13. The fraction of sp³-hybridized carbons (Fsp3) is 0.778. The third kappa shape index (κ3) is 7.54. The number of carboxylic acids is 1. The van der Waals surface area contributed by atoms with Crippen LogP contribution in [0.2, 0.25) is 0 Å². The Labute approximate surface area is 82.7 Å². The molecule has 0 saturated heterocycles. The van der Waals surface area contributed by atoms with Gasteiger partial charge in [0, 0.05) is 20.0 Å². The first kappa shape index (κ1) is 12.9. The monoisotopic (exact) mass is 204 g/mol. The predicted molar refractivity (Wildman–Crippen MR) is 48.7 cm³/mol. The second kappa shape index (κ2) is 7.32. The molecule has 0 aromatic rings. The van der Waals surface area contributed by atoms with Gasteiger partial charge in [-0.3, -0.25) is 9.59 Å². The number of aliphatic hydroxyl groups is 1. The highest BCUT2D eigenvalue weighted by molar-refractivity contribution is 5.66. The summed E-state index contributed by atoms with van der Waals surface area (Å²) in [7, 11) is 0. The van der Waals surface area contributed by atoms with Crippen molar-refractivity contribution in [3.8, 4) is 0 Å². The van der Waals surface area contributed by atoms with Crippen molar-refractivity contribution in [1.82, 2.24) is 0 Å². The molecule has 82 valence electrons. The zero-order valence-electron chi connectivity index (χ0n) is 8.23. The van der Waals surface area contributed by atoms with Gasteiger partial charge >= 0.3 is 11.9 Å². The summed E-state index contributed by atoms with van der Waals surface area (Å²) in [5.41, 5.74) is 0. The second-order valence-electron chi connectivity index (χ2n) is 3.11. The second-order valence-corrected chi connectivity index (χ2v) is 3.11. The minimum Gasteiger partial charge on any atom is -0.481 e. The van der Waals surface area contributed by atoms with E-state index in [1.54, 1.807) is 0 Å². The maximum Gasteiger partial charge on any atom is 0.303 e. The Morgan fingerprint density at radius 3 is 2.43 bits per heavy atom. The molecule has 5 nitrogen and oxygen atoms in total. The van der Waals surface area contributed by atoms with E-state index in [0.717, 1.165) is 0 Å². The zero-order chi connectivity index (χ0) is 11.0. The molecule has 0 rings (SSSR count). The van der Waals surface area contributed by atoms with Crippen LogP contribution in [0.5, 0.6) is 0 Å². The van der Waals surface area contributed by atoms with Crippen LogP contribution in [0.15, 0.2) is 0 Å². The van der Waals surface area contributed by atoms with E-state index in [2.05, 4.69) is 0 Å². The Bertz CT molecular complexity index is 172. The molecule has 0 fully saturated rings. The average molecular weight is 204 g/mol. The van der Waals surface area contributed by atoms with E-state index in [9.17, 15) is 9.59 Å². The lowest BCUT2D eigenvalue weighted by atomic mass is 10.0. The van der Waals surface area contributed by atoms with Gasteiger partial charge in [0.2, 0.25) is 0 Å². The zero-order valence-corrected chi connectivity index (χ0v) is 8.23. The number of rotatable bonds is 7. The van der Waals surface area contributed by atoms with Crippen LogP contribution in [0.1, 0.15) is 26.2 Å². The van der Waals surface area contributed by atoms with E-state index < -0.39 is 5.97 Å². The number of carbonyl (C=O) groups is 2. The molecule has 0 amide bonds. The Hall–Kier alpha value is -1.10. The van der Waals surface area contributed by atoms with E-state index in [0.29, 0.717) is 12.8 Å². The van der Waals surface area contributed by atoms with Crippen molar-refractivity contribution in [2.45, 2.75) is 26.2 Å². The van der Waals surface area contributed by atoms with Crippen molar-refractivity contribution >= 4 is 11.9 Å². The molecule has 0 aliphatic carbocycles. The summed E-state index contributed by atoms with van der Waals surface area (Å²) in [6.45, 7) is 1.46. The molecule has 1 atom stereocenters. The lowest BCUT2D eigenvalue weighted by Crippen LogP contribution is -2.15. The van der Waals surface area contributed by atoms with E-state index in [1.165, 1.54) is 6.92 Å². The number of esters is 1. The van der Waals surface area contributed by atoms with E-state index in [1.807, 2.05) is 0 Å². The Morgan fingerprint density at radius 2 is 2.00 bits per heavy atom. The van der Waals surface area contributed by atoms with Gasteiger partial charge in [-0.15, -0.1) is 0 Å². The normalized spacial score (nSPS) is 12.1. The Balaban J connectivity index is 3.76. The maximum absolute atomic E-state index is 10.5. The van der Waals surface area contributed by atoms with Gasteiger partial charge in [0.05, 0.1) is 6.61 Å². The summed E-state index contributed by atoms with van der Waals surface area (Å²) in [5, 5.41) is 17.1. The average Bonchev–Trinajstić information content (AvgIpc) is 2.09. The Kier molecular flexibility index (Phi) is 6.74. The summed E-state index contributed by atoms with van der Waals surface area (Å²) < 4.78 is 4.75. The minimum absolute atomic E-state index is 0.0223. The van der Waals surface area contributed by atoms with E-state index >= 15 is 0 Å². The molecule has 0 aromatic carbocycles. The van der Waals surface area contributed by atoms with Crippen molar-refractivity contribution in [2.24, 2.45) is 5.92 Å². The van der Waals surface area contributed by atoms with Crippen LogP contribution in [-0.2, 0) is 14.3 Å². The molecular formula is C9H16O5. The first-order valence-electron chi connectivity index (χ1n) is 4.52. The number of aliphatic carboxylic acids is 1. The first-order chi connectivity index (χ1) is 6.56. The third-order valence-corrected chi connectivity index (χ3v) is 1.83. The summed E-state index contributed by atoms with van der Waals surface area (Å²) in [4.78, 5) is 20.8. The van der Waals surface area contributed by atoms with Gasteiger partial charge in [0.25, 0.3) is 0 Å². The van der Waals surface area contributed by atoms with Crippen LogP contribution in [0, 0.1) is 5.92 Å². The minimum atomic E-state index is -0.879. The predicted octanol–water partition coefficient (Wildman–Crippen LogP) is 0.413. The Morgan fingerprint density at radius 1 is 1.36 bits per heavy atom. The first-order valence-corrected chi connectivity index (χ1v) is 4.52. The van der Waals surface area contributed by atoms with Gasteiger partial charge in [-0.05, 0) is 18.8 Å². The van der Waals surface area contributed by atoms with Crippen molar-refractivity contribution in [3.05, 3.63) is 0 Å². The van der Waals surface area contributed by atoms with Gasteiger partial charge < -0.3 is 14.9 Å². The summed E-state index contributed by atoms with van der Waals surface area (Å²) in [6, 6.07) is 0.